The topological polar surface area (TPSA) is 75.3 Å². The number of hydrogen-bond acceptors (Lipinski definition) is 3. The molecule has 0 heterocycles. The number of rotatable bonds is 6. The predicted molar refractivity (Wildman–Crippen MR) is 107 cm³/mol. The molecule has 5 heteroatoms. The van der Waals surface area contributed by atoms with Crippen molar-refractivity contribution in [1.82, 2.24) is 0 Å². The summed E-state index contributed by atoms with van der Waals surface area (Å²) in [7, 11) is 0. The van der Waals surface area contributed by atoms with E-state index in [1.807, 2.05) is 36.4 Å². The minimum Gasteiger partial charge on any atom is -0.326 e. The third-order valence-corrected chi connectivity index (χ3v) is 4.12. The molecule has 3 aromatic carbocycles. The van der Waals surface area contributed by atoms with E-state index in [1.165, 1.54) is 6.92 Å². The molecule has 0 saturated heterocycles. The van der Waals surface area contributed by atoms with Gasteiger partial charge >= 0.3 is 0 Å². The van der Waals surface area contributed by atoms with Crippen molar-refractivity contribution < 1.29 is 14.4 Å². The maximum Gasteiger partial charge on any atom is 0.224 e. The molecule has 27 heavy (non-hydrogen) atoms. The lowest BCUT2D eigenvalue weighted by atomic mass is 10.0. The molecule has 0 aromatic heterocycles. The Hall–Kier alpha value is -3.47. The van der Waals surface area contributed by atoms with Crippen LogP contribution in [-0.4, -0.2) is 17.6 Å². The molecule has 0 radical (unpaired) electrons. The van der Waals surface area contributed by atoms with Crippen LogP contribution in [0.4, 0.5) is 11.4 Å². The summed E-state index contributed by atoms with van der Waals surface area (Å²) in [6, 6.07) is 20.3. The zero-order valence-electron chi connectivity index (χ0n) is 15.0. The molecule has 2 N–H and O–H groups in total. The van der Waals surface area contributed by atoms with Gasteiger partial charge in [0.2, 0.25) is 11.8 Å². The molecule has 0 aliphatic rings. The lowest BCUT2D eigenvalue weighted by Crippen LogP contribution is -2.14. The molecular weight excluding hydrogens is 340 g/mol. The van der Waals surface area contributed by atoms with Gasteiger partial charge in [-0.2, -0.15) is 0 Å². The monoisotopic (exact) mass is 360 g/mol. The van der Waals surface area contributed by atoms with Crippen molar-refractivity contribution in [3.63, 3.8) is 0 Å². The molecule has 0 aliphatic carbocycles. The van der Waals surface area contributed by atoms with E-state index >= 15 is 0 Å². The number of anilines is 2. The van der Waals surface area contributed by atoms with Gasteiger partial charge in [0, 0.05) is 36.7 Å². The van der Waals surface area contributed by atoms with Crippen molar-refractivity contribution in [3.8, 4) is 0 Å². The van der Waals surface area contributed by atoms with E-state index in [1.54, 1.807) is 30.3 Å². The average molecular weight is 360 g/mol. The highest BCUT2D eigenvalue weighted by Gasteiger charge is 2.10. The van der Waals surface area contributed by atoms with Crippen LogP contribution in [-0.2, 0) is 9.59 Å². The Kier molecular flexibility index (Phi) is 5.61. The van der Waals surface area contributed by atoms with Gasteiger partial charge in [-0.05, 0) is 35.0 Å². The van der Waals surface area contributed by atoms with Crippen molar-refractivity contribution in [3.05, 3.63) is 72.3 Å². The normalized spacial score (nSPS) is 10.4. The van der Waals surface area contributed by atoms with Crippen LogP contribution in [0.15, 0.2) is 66.7 Å². The molecule has 0 aliphatic heterocycles. The number of carbonyl (C=O) groups is 3. The van der Waals surface area contributed by atoms with Crippen LogP contribution in [0, 0.1) is 0 Å². The highest BCUT2D eigenvalue weighted by Crippen LogP contribution is 2.18. The predicted octanol–water partition coefficient (Wildman–Crippen LogP) is 4.40. The Morgan fingerprint density at radius 1 is 0.741 bits per heavy atom. The summed E-state index contributed by atoms with van der Waals surface area (Å²) in [6.45, 7) is 1.42. The average Bonchev–Trinajstić information content (AvgIpc) is 2.65. The van der Waals surface area contributed by atoms with Crippen molar-refractivity contribution in [1.29, 1.82) is 0 Å². The summed E-state index contributed by atoms with van der Waals surface area (Å²) in [5.41, 5.74) is 1.78. The quantitative estimate of drug-likeness (QED) is 0.640. The third kappa shape index (κ3) is 5.01. The number of Topliss-reactive ketones (excluding diaryl/α,β-unsaturated/α-hetero) is 1. The first-order chi connectivity index (χ1) is 13.0. The van der Waals surface area contributed by atoms with Gasteiger partial charge in [-0.1, -0.05) is 42.5 Å². The smallest absolute Gasteiger partial charge is 0.224 e. The molecule has 0 spiro atoms. The summed E-state index contributed by atoms with van der Waals surface area (Å²) in [6.07, 6.45) is 0.228. The van der Waals surface area contributed by atoms with Gasteiger partial charge in [0.1, 0.15) is 0 Å². The van der Waals surface area contributed by atoms with Crippen LogP contribution in [0.2, 0.25) is 0 Å². The Morgan fingerprint density at radius 3 is 2.19 bits per heavy atom. The van der Waals surface area contributed by atoms with E-state index in [2.05, 4.69) is 10.6 Å². The summed E-state index contributed by atoms with van der Waals surface area (Å²) >= 11 is 0. The van der Waals surface area contributed by atoms with E-state index in [-0.39, 0.29) is 30.4 Å². The van der Waals surface area contributed by atoms with Gasteiger partial charge < -0.3 is 10.6 Å². The minimum atomic E-state index is -0.246. The Labute approximate surface area is 157 Å². The lowest BCUT2D eigenvalue weighted by molar-refractivity contribution is -0.116. The molecule has 0 bridgehead atoms. The van der Waals surface area contributed by atoms with E-state index < -0.39 is 0 Å². The molecule has 0 fully saturated rings. The number of fused-ring (bicyclic) bond motifs is 1. The largest absolute Gasteiger partial charge is 0.326 e. The van der Waals surface area contributed by atoms with Crippen LogP contribution in [0.5, 0.6) is 0 Å². The number of ketones is 1. The van der Waals surface area contributed by atoms with Gasteiger partial charge in [-0.3, -0.25) is 14.4 Å². The van der Waals surface area contributed by atoms with Gasteiger partial charge in [-0.15, -0.1) is 0 Å². The zero-order valence-corrected chi connectivity index (χ0v) is 15.0. The number of amides is 2. The van der Waals surface area contributed by atoms with Gasteiger partial charge in [0.05, 0.1) is 0 Å². The summed E-state index contributed by atoms with van der Waals surface area (Å²) < 4.78 is 0. The minimum absolute atomic E-state index is 0.0668. The lowest BCUT2D eigenvalue weighted by Gasteiger charge is -2.08. The summed E-state index contributed by atoms with van der Waals surface area (Å²) in [5.74, 6) is -0.494. The first-order valence-electron chi connectivity index (χ1n) is 8.71. The molecule has 2 amide bonds. The molecule has 3 aromatic rings. The zero-order chi connectivity index (χ0) is 19.2. The standard InChI is InChI=1S/C22H20N2O3/c1-15(25)23-19-7-4-8-20(14-19)24-22(27)12-11-21(26)18-10-9-16-5-2-3-6-17(16)13-18/h2-10,13-14H,11-12H2,1H3,(H,23,25)(H,24,27). The van der Waals surface area contributed by atoms with Crippen molar-refractivity contribution in [2.75, 3.05) is 10.6 Å². The van der Waals surface area contributed by atoms with Gasteiger partial charge in [0.25, 0.3) is 0 Å². The molecule has 136 valence electrons. The number of carbonyl (C=O) groups excluding carboxylic acids is 3. The molecular formula is C22H20N2O3. The van der Waals surface area contributed by atoms with Crippen LogP contribution < -0.4 is 10.6 Å². The van der Waals surface area contributed by atoms with Crippen molar-refractivity contribution in [2.45, 2.75) is 19.8 Å². The van der Waals surface area contributed by atoms with Crippen molar-refractivity contribution >= 4 is 39.7 Å². The fourth-order valence-corrected chi connectivity index (χ4v) is 2.84. The number of benzene rings is 3. The van der Waals surface area contributed by atoms with Crippen LogP contribution in [0.3, 0.4) is 0 Å². The fraction of sp³-hybridized carbons (Fsp3) is 0.136. The molecule has 5 nitrogen and oxygen atoms in total. The number of nitrogens with one attached hydrogen (secondary N) is 2. The highest BCUT2D eigenvalue weighted by molar-refractivity contribution is 6.02. The first-order valence-corrected chi connectivity index (χ1v) is 8.71. The van der Waals surface area contributed by atoms with E-state index in [0.29, 0.717) is 16.9 Å². The number of hydrogen-bond donors (Lipinski definition) is 2. The van der Waals surface area contributed by atoms with Crippen molar-refractivity contribution in [2.24, 2.45) is 0 Å². The van der Waals surface area contributed by atoms with Crippen LogP contribution in [0.1, 0.15) is 30.1 Å². The van der Waals surface area contributed by atoms with Crippen LogP contribution in [0.25, 0.3) is 10.8 Å². The van der Waals surface area contributed by atoms with Gasteiger partial charge in [-0.25, -0.2) is 0 Å². The summed E-state index contributed by atoms with van der Waals surface area (Å²) in [5, 5.41) is 7.49. The second-order valence-electron chi connectivity index (χ2n) is 6.30. The second kappa shape index (κ2) is 8.27. The van der Waals surface area contributed by atoms with E-state index in [0.717, 1.165) is 10.8 Å². The van der Waals surface area contributed by atoms with Gasteiger partial charge in [0.15, 0.2) is 5.78 Å². The fourth-order valence-electron chi connectivity index (χ4n) is 2.84. The highest BCUT2D eigenvalue weighted by atomic mass is 16.2. The molecule has 0 saturated carbocycles. The summed E-state index contributed by atoms with van der Waals surface area (Å²) in [4.78, 5) is 35.6. The molecule has 0 unspecified atom stereocenters. The maximum absolute atomic E-state index is 12.4. The van der Waals surface area contributed by atoms with Crippen LogP contribution >= 0.6 is 0 Å². The molecule has 0 atom stereocenters. The second-order valence-corrected chi connectivity index (χ2v) is 6.30. The maximum atomic E-state index is 12.4. The van der Waals surface area contributed by atoms with E-state index in [9.17, 15) is 14.4 Å². The Bertz CT molecular complexity index is 1010. The Balaban J connectivity index is 1.58. The SMILES string of the molecule is CC(=O)Nc1cccc(NC(=O)CCC(=O)c2ccc3ccccc3c2)c1. The van der Waals surface area contributed by atoms with E-state index in [4.69, 9.17) is 0 Å². The first kappa shape index (κ1) is 18.3. The Morgan fingerprint density at radius 2 is 1.44 bits per heavy atom. The molecule has 3 rings (SSSR count). The third-order valence-electron chi connectivity index (χ3n) is 4.12.